The van der Waals surface area contributed by atoms with Crippen LogP contribution < -0.4 is 16.6 Å². The summed E-state index contributed by atoms with van der Waals surface area (Å²) in [4.78, 5) is 37.9. The lowest BCUT2D eigenvalue weighted by Gasteiger charge is -2.19. The monoisotopic (exact) mass is 411 g/mol. The summed E-state index contributed by atoms with van der Waals surface area (Å²) in [6, 6.07) is 15.2. The number of nitrogens with two attached hydrogens (primary N) is 1. The number of nitrogens with one attached hydrogen (secondary N) is 1. The van der Waals surface area contributed by atoms with Crippen molar-refractivity contribution in [2.75, 3.05) is 18.2 Å². The van der Waals surface area contributed by atoms with Crippen LogP contribution >= 0.6 is 11.6 Å². The van der Waals surface area contributed by atoms with E-state index in [1.165, 1.54) is 42.1 Å². The van der Waals surface area contributed by atoms with Crippen LogP contribution in [0.5, 0.6) is 0 Å². The average Bonchev–Trinajstić information content (AvgIpc) is 2.73. The van der Waals surface area contributed by atoms with Gasteiger partial charge in [-0.1, -0.05) is 41.9 Å². The molecule has 3 aromatic rings. The van der Waals surface area contributed by atoms with E-state index in [1.807, 2.05) is 0 Å². The Balaban J connectivity index is 1.98. The number of hydrogen-bond donors (Lipinski definition) is 2. The Morgan fingerprint density at radius 3 is 2.48 bits per heavy atom. The summed E-state index contributed by atoms with van der Waals surface area (Å²) < 4.78 is 6.09. The molecule has 7 nitrogen and oxygen atoms in total. The van der Waals surface area contributed by atoms with Gasteiger partial charge in [0.15, 0.2) is 6.04 Å². The lowest BCUT2D eigenvalue weighted by Crippen LogP contribution is -2.33. The van der Waals surface area contributed by atoms with E-state index in [-0.39, 0.29) is 16.3 Å². The van der Waals surface area contributed by atoms with Crippen molar-refractivity contribution in [3.05, 3.63) is 93.4 Å². The van der Waals surface area contributed by atoms with Crippen molar-refractivity contribution in [1.82, 2.24) is 4.57 Å². The molecule has 0 bridgehead atoms. The van der Waals surface area contributed by atoms with E-state index in [0.29, 0.717) is 11.3 Å². The number of halogens is 1. The van der Waals surface area contributed by atoms with Crippen LogP contribution in [0.2, 0.25) is 5.02 Å². The van der Waals surface area contributed by atoms with Crippen LogP contribution in [0.25, 0.3) is 0 Å². The summed E-state index contributed by atoms with van der Waals surface area (Å²) in [6.45, 7) is 0. The van der Waals surface area contributed by atoms with E-state index < -0.39 is 23.5 Å². The quantitative estimate of drug-likeness (QED) is 0.496. The Hall–Kier alpha value is -3.58. The van der Waals surface area contributed by atoms with Gasteiger partial charge in [0.2, 0.25) is 0 Å². The minimum atomic E-state index is -0.989. The summed E-state index contributed by atoms with van der Waals surface area (Å²) >= 11 is 5.96. The van der Waals surface area contributed by atoms with Crippen molar-refractivity contribution < 1.29 is 14.3 Å². The van der Waals surface area contributed by atoms with Crippen LogP contribution in [0.3, 0.4) is 0 Å². The van der Waals surface area contributed by atoms with E-state index >= 15 is 0 Å². The zero-order chi connectivity index (χ0) is 21.0. The number of amides is 1. The molecule has 0 aliphatic rings. The highest BCUT2D eigenvalue weighted by Crippen LogP contribution is 2.21. The number of nitrogens with zero attached hydrogens (tertiary/aromatic N) is 1. The van der Waals surface area contributed by atoms with Gasteiger partial charge in [0.1, 0.15) is 5.69 Å². The van der Waals surface area contributed by atoms with Crippen molar-refractivity contribution in [3.8, 4) is 0 Å². The second-order valence-electron chi connectivity index (χ2n) is 6.16. The predicted octanol–water partition coefficient (Wildman–Crippen LogP) is 3.10. The van der Waals surface area contributed by atoms with Crippen LogP contribution in [0.15, 0.2) is 71.7 Å². The maximum atomic E-state index is 13.0. The SMILES string of the molecule is COC(=O)C(c1ccccc1)n1cccc(NC(=O)c2ccc(N)c(Cl)c2)c1=O. The topological polar surface area (TPSA) is 103 Å². The summed E-state index contributed by atoms with van der Waals surface area (Å²) in [5, 5.41) is 2.79. The standard InChI is InChI=1S/C21H18ClN3O4/c1-29-21(28)18(13-6-3-2-4-7-13)25-11-5-8-17(20(25)27)24-19(26)14-9-10-16(23)15(22)12-14/h2-12,18H,23H2,1H3,(H,24,26). The van der Waals surface area contributed by atoms with Gasteiger partial charge in [-0.05, 0) is 35.9 Å². The minimum absolute atomic E-state index is 0.00952. The largest absolute Gasteiger partial charge is 0.467 e. The van der Waals surface area contributed by atoms with E-state index in [9.17, 15) is 14.4 Å². The molecule has 1 unspecified atom stereocenters. The Kier molecular flexibility index (Phi) is 5.99. The van der Waals surface area contributed by atoms with Gasteiger partial charge in [-0.3, -0.25) is 14.2 Å². The molecule has 3 rings (SSSR count). The summed E-state index contributed by atoms with van der Waals surface area (Å²) in [5.41, 5.74) is 6.27. The second-order valence-corrected chi connectivity index (χ2v) is 6.57. The van der Waals surface area contributed by atoms with Gasteiger partial charge < -0.3 is 15.8 Å². The fraction of sp³-hybridized carbons (Fsp3) is 0.0952. The molecule has 1 amide bonds. The normalized spacial score (nSPS) is 11.5. The number of nitrogen functional groups attached to an aromatic ring is 1. The fourth-order valence-electron chi connectivity index (χ4n) is 2.83. The Morgan fingerprint density at radius 1 is 1.10 bits per heavy atom. The summed E-state index contributed by atoms with van der Waals surface area (Å²) in [6.07, 6.45) is 1.46. The Labute approximate surface area is 171 Å². The number of hydrogen-bond acceptors (Lipinski definition) is 5. The number of anilines is 2. The van der Waals surface area contributed by atoms with Gasteiger partial charge in [-0.25, -0.2) is 4.79 Å². The molecule has 1 aromatic heterocycles. The van der Waals surface area contributed by atoms with Crippen LogP contribution in [0.4, 0.5) is 11.4 Å². The molecule has 3 N–H and O–H groups in total. The van der Waals surface area contributed by atoms with Gasteiger partial charge in [-0.2, -0.15) is 0 Å². The first-order chi connectivity index (χ1) is 13.9. The van der Waals surface area contributed by atoms with Crippen molar-refractivity contribution in [2.45, 2.75) is 6.04 Å². The molecule has 1 atom stereocenters. The van der Waals surface area contributed by atoms with Crippen LogP contribution in [0.1, 0.15) is 22.0 Å². The van der Waals surface area contributed by atoms with Gasteiger partial charge in [0, 0.05) is 11.8 Å². The van der Waals surface area contributed by atoms with E-state index in [0.717, 1.165) is 0 Å². The first-order valence-corrected chi connectivity index (χ1v) is 9.00. The fourth-order valence-corrected chi connectivity index (χ4v) is 3.01. The van der Waals surface area contributed by atoms with Gasteiger partial charge in [0.25, 0.3) is 11.5 Å². The first kappa shape index (κ1) is 20.2. The second kappa shape index (κ2) is 8.62. The van der Waals surface area contributed by atoms with Crippen LogP contribution in [0, 0.1) is 0 Å². The molecule has 148 valence electrons. The lowest BCUT2D eigenvalue weighted by atomic mass is 10.1. The number of methoxy groups -OCH3 is 1. The maximum Gasteiger partial charge on any atom is 0.333 e. The Morgan fingerprint density at radius 2 is 1.83 bits per heavy atom. The highest BCUT2D eigenvalue weighted by molar-refractivity contribution is 6.33. The highest BCUT2D eigenvalue weighted by Gasteiger charge is 2.25. The highest BCUT2D eigenvalue weighted by atomic mass is 35.5. The average molecular weight is 412 g/mol. The van der Waals surface area contributed by atoms with Gasteiger partial charge >= 0.3 is 5.97 Å². The molecule has 0 saturated heterocycles. The zero-order valence-corrected chi connectivity index (χ0v) is 16.2. The number of carbonyl (C=O) groups is 2. The van der Waals surface area contributed by atoms with Crippen molar-refractivity contribution in [1.29, 1.82) is 0 Å². The number of benzene rings is 2. The molecule has 0 saturated carbocycles. The lowest BCUT2D eigenvalue weighted by molar-refractivity contribution is -0.143. The third-order valence-corrected chi connectivity index (χ3v) is 4.63. The van der Waals surface area contributed by atoms with E-state index in [1.54, 1.807) is 36.4 Å². The first-order valence-electron chi connectivity index (χ1n) is 8.62. The zero-order valence-electron chi connectivity index (χ0n) is 15.5. The minimum Gasteiger partial charge on any atom is -0.467 e. The number of ether oxygens (including phenoxy) is 1. The molecule has 2 aromatic carbocycles. The number of pyridine rings is 1. The molecule has 1 heterocycles. The smallest absolute Gasteiger partial charge is 0.333 e. The third kappa shape index (κ3) is 4.30. The van der Waals surface area contributed by atoms with Crippen molar-refractivity contribution in [2.24, 2.45) is 0 Å². The van der Waals surface area contributed by atoms with Crippen molar-refractivity contribution >= 4 is 34.9 Å². The number of rotatable bonds is 5. The van der Waals surface area contributed by atoms with E-state index in [4.69, 9.17) is 22.1 Å². The predicted molar refractivity (Wildman–Crippen MR) is 111 cm³/mol. The van der Waals surface area contributed by atoms with Crippen LogP contribution in [-0.4, -0.2) is 23.6 Å². The number of aromatic nitrogens is 1. The number of carbonyl (C=O) groups excluding carboxylic acids is 2. The van der Waals surface area contributed by atoms with E-state index in [2.05, 4.69) is 5.32 Å². The molecule has 0 radical (unpaired) electrons. The van der Waals surface area contributed by atoms with Gasteiger partial charge in [-0.15, -0.1) is 0 Å². The molecule has 0 fully saturated rings. The van der Waals surface area contributed by atoms with Gasteiger partial charge in [0.05, 0.1) is 17.8 Å². The number of esters is 1. The molecule has 0 spiro atoms. The molecule has 0 aliphatic carbocycles. The molecule has 0 aliphatic heterocycles. The maximum absolute atomic E-state index is 13.0. The summed E-state index contributed by atoms with van der Waals surface area (Å²) in [5.74, 6) is -1.14. The van der Waals surface area contributed by atoms with Crippen molar-refractivity contribution in [3.63, 3.8) is 0 Å². The molecule has 29 heavy (non-hydrogen) atoms. The molecular formula is C21H18ClN3O4. The van der Waals surface area contributed by atoms with Crippen LogP contribution in [-0.2, 0) is 9.53 Å². The molecule has 8 heteroatoms. The Bertz CT molecular complexity index is 1110. The summed E-state index contributed by atoms with van der Waals surface area (Å²) in [7, 11) is 1.25. The molecular weight excluding hydrogens is 394 g/mol. The third-order valence-electron chi connectivity index (χ3n) is 4.30.